The zero-order chi connectivity index (χ0) is 22.1. The molecule has 1 amide bonds. The van der Waals surface area contributed by atoms with Crippen LogP contribution in [0.4, 0.5) is 23.2 Å². The molecule has 0 atom stereocenters. The van der Waals surface area contributed by atoms with Gasteiger partial charge in [-0.2, -0.15) is 18.3 Å². The highest BCUT2D eigenvalue weighted by molar-refractivity contribution is 7.89. The molecule has 3 N–H and O–H groups in total. The highest BCUT2D eigenvalue weighted by Gasteiger charge is 2.32. The van der Waals surface area contributed by atoms with Crippen molar-refractivity contribution in [3.05, 3.63) is 71.8 Å². The number of nitrogens with one attached hydrogen (secondary N) is 1. The van der Waals surface area contributed by atoms with Crippen LogP contribution in [-0.2, 0) is 27.4 Å². The topological polar surface area (TPSA) is 107 Å². The van der Waals surface area contributed by atoms with Crippen molar-refractivity contribution < 1.29 is 30.8 Å². The van der Waals surface area contributed by atoms with Gasteiger partial charge >= 0.3 is 6.18 Å². The molecule has 0 saturated carbocycles. The molecule has 12 heteroatoms. The van der Waals surface area contributed by atoms with E-state index in [1.807, 2.05) is 0 Å². The number of primary sulfonamides is 1. The van der Waals surface area contributed by atoms with Crippen molar-refractivity contribution >= 4 is 21.6 Å². The smallest absolute Gasteiger partial charge is 0.326 e. The summed E-state index contributed by atoms with van der Waals surface area (Å²) in [4.78, 5) is 11.6. The maximum atomic E-state index is 13.7. The molecule has 0 bridgehead atoms. The van der Waals surface area contributed by atoms with Crippen molar-refractivity contribution in [1.82, 2.24) is 9.78 Å². The molecule has 0 radical (unpaired) electrons. The molecule has 30 heavy (non-hydrogen) atoms. The van der Waals surface area contributed by atoms with E-state index < -0.39 is 38.4 Å². The van der Waals surface area contributed by atoms with Gasteiger partial charge in [0.2, 0.25) is 15.9 Å². The Hall–Kier alpha value is -3.25. The molecule has 0 saturated heterocycles. The second kappa shape index (κ2) is 7.88. The van der Waals surface area contributed by atoms with E-state index in [9.17, 15) is 30.8 Å². The van der Waals surface area contributed by atoms with Crippen LogP contribution in [0.3, 0.4) is 0 Å². The van der Waals surface area contributed by atoms with E-state index in [-0.39, 0.29) is 23.4 Å². The van der Waals surface area contributed by atoms with Crippen LogP contribution in [0.25, 0.3) is 5.69 Å². The molecule has 0 aliphatic carbocycles. The van der Waals surface area contributed by atoms with Gasteiger partial charge in [-0.15, -0.1) is 0 Å². The molecule has 1 heterocycles. The van der Waals surface area contributed by atoms with Crippen LogP contribution in [0.15, 0.2) is 59.8 Å². The van der Waals surface area contributed by atoms with Crippen molar-refractivity contribution in [1.29, 1.82) is 0 Å². The number of aromatic nitrogens is 2. The van der Waals surface area contributed by atoms with Crippen LogP contribution < -0.4 is 10.5 Å². The van der Waals surface area contributed by atoms with E-state index in [1.165, 1.54) is 24.3 Å². The molecule has 158 valence electrons. The maximum absolute atomic E-state index is 13.7. The summed E-state index contributed by atoms with van der Waals surface area (Å²) in [5.74, 6) is -1.21. The van der Waals surface area contributed by atoms with Crippen LogP contribution in [0.1, 0.15) is 11.1 Å². The lowest BCUT2D eigenvalue weighted by atomic mass is 10.1. The minimum atomic E-state index is -4.67. The summed E-state index contributed by atoms with van der Waals surface area (Å²) >= 11 is 0. The predicted octanol–water partition coefficient (Wildman–Crippen LogP) is 2.86. The van der Waals surface area contributed by atoms with E-state index in [2.05, 4.69) is 10.4 Å². The SMILES string of the molecule is NS(=O)(=O)c1cc(NC(=O)Cc2ccccc2F)ccc1-n1cc(C(F)(F)F)cn1. The van der Waals surface area contributed by atoms with Gasteiger partial charge in [-0.3, -0.25) is 4.79 Å². The van der Waals surface area contributed by atoms with Gasteiger partial charge < -0.3 is 5.32 Å². The second-order valence-electron chi connectivity index (χ2n) is 6.22. The van der Waals surface area contributed by atoms with Crippen molar-refractivity contribution in [2.45, 2.75) is 17.5 Å². The summed E-state index contributed by atoms with van der Waals surface area (Å²) in [7, 11) is -4.39. The average Bonchev–Trinajstić information content (AvgIpc) is 3.13. The Morgan fingerprint density at radius 1 is 1.17 bits per heavy atom. The van der Waals surface area contributed by atoms with Crippen LogP contribution in [-0.4, -0.2) is 24.1 Å². The molecule has 0 aliphatic rings. The molecule has 1 aromatic heterocycles. The first-order valence-electron chi connectivity index (χ1n) is 8.27. The molecule has 0 unspecified atom stereocenters. The van der Waals surface area contributed by atoms with Gasteiger partial charge in [0.15, 0.2) is 0 Å². The highest BCUT2D eigenvalue weighted by atomic mass is 32.2. The number of halogens is 4. The van der Waals surface area contributed by atoms with Crippen LogP contribution in [0.5, 0.6) is 0 Å². The lowest BCUT2D eigenvalue weighted by molar-refractivity contribution is -0.137. The first-order chi connectivity index (χ1) is 13.9. The average molecular weight is 442 g/mol. The van der Waals surface area contributed by atoms with Crippen molar-refractivity contribution in [3.8, 4) is 5.69 Å². The van der Waals surface area contributed by atoms with E-state index in [0.29, 0.717) is 17.1 Å². The minimum absolute atomic E-state index is 0.00677. The van der Waals surface area contributed by atoms with Gasteiger partial charge in [0.1, 0.15) is 10.7 Å². The van der Waals surface area contributed by atoms with Crippen molar-refractivity contribution in [2.24, 2.45) is 5.14 Å². The third-order valence-corrected chi connectivity index (χ3v) is 4.96. The maximum Gasteiger partial charge on any atom is 0.419 e. The van der Waals surface area contributed by atoms with Gasteiger partial charge in [-0.1, -0.05) is 18.2 Å². The van der Waals surface area contributed by atoms with Crippen LogP contribution in [0, 0.1) is 5.82 Å². The predicted molar refractivity (Wildman–Crippen MR) is 98.7 cm³/mol. The number of rotatable bonds is 5. The number of benzene rings is 2. The monoisotopic (exact) mass is 442 g/mol. The van der Waals surface area contributed by atoms with Gasteiger partial charge in [0.25, 0.3) is 0 Å². The number of alkyl halides is 3. The zero-order valence-electron chi connectivity index (χ0n) is 15.0. The molecule has 0 aliphatic heterocycles. The van der Waals surface area contributed by atoms with E-state index in [1.54, 1.807) is 6.07 Å². The summed E-state index contributed by atoms with van der Waals surface area (Å²) < 4.78 is 76.7. The van der Waals surface area contributed by atoms with E-state index in [4.69, 9.17) is 5.14 Å². The quantitative estimate of drug-likeness (QED) is 0.593. The largest absolute Gasteiger partial charge is 0.419 e. The fraction of sp³-hybridized carbons (Fsp3) is 0.111. The fourth-order valence-electron chi connectivity index (χ4n) is 2.63. The van der Waals surface area contributed by atoms with Gasteiger partial charge in [-0.05, 0) is 29.8 Å². The number of amides is 1. The van der Waals surface area contributed by atoms with E-state index >= 15 is 0 Å². The molecule has 3 rings (SSSR count). The Balaban J connectivity index is 1.91. The Kier molecular flexibility index (Phi) is 5.63. The van der Waals surface area contributed by atoms with E-state index in [0.717, 1.165) is 12.1 Å². The Morgan fingerprint density at radius 3 is 2.47 bits per heavy atom. The zero-order valence-corrected chi connectivity index (χ0v) is 15.8. The number of anilines is 1. The number of carbonyl (C=O) groups excluding carboxylic acids is 1. The van der Waals surface area contributed by atoms with Gasteiger partial charge in [0, 0.05) is 11.9 Å². The lowest BCUT2D eigenvalue weighted by Gasteiger charge is -2.12. The number of nitrogens with two attached hydrogens (primary N) is 1. The Labute approximate surface area is 168 Å². The Morgan fingerprint density at radius 2 is 1.87 bits per heavy atom. The fourth-order valence-corrected chi connectivity index (χ4v) is 3.37. The van der Waals surface area contributed by atoms with Gasteiger partial charge in [-0.25, -0.2) is 22.6 Å². The lowest BCUT2D eigenvalue weighted by Crippen LogP contribution is -2.18. The normalized spacial score (nSPS) is 12.0. The molecule has 3 aromatic rings. The third kappa shape index (κ3) is 4.83. The molecule has 0 fully saturated rings. The second-order valence-corrected chi connectivity index (χ2v) is 7.75. The minimum Gasteiger partial charge on any atom is -0.326 e. The van der Waals surface area contributed by atoms with Gasteiger partial charge in [0.05, 0.1) is 23.9 Å². The highest BCUT2D eigenvalue weighted by Crippen LogP contribution is 2.30. The van der Waals surface area contributed by atoms with Crippen molar-refractivity contribution in [2.75, 3.05) is 5.32 Å². The summed E-state index contributed by atoms with van der Waals surface area (Å²) in [6.07, 6.45) is -3.83. The summed E-state index contributed by atoms with van der Waals surface area (Å²) in [5, 5.41) is 11.1. The van der Waals surface area contributed by atoms with Crippen molar-refractivity contribution in [3.63, 3.8) is 0 Å². The number of nitrogens with zero attached hydrogens (tertiary/aromatic N) is 2. The van der Waals surface area contributed by atoms with Crippen LogP contribution >= 0.6 is 0 Å². The standard InChI is InChI=1S/C18H14F4N4O3S/c19-14-4-2-1-3-11(14)7-17(27)25-13-5-6-15(16(8-13)30(23,28)29)26-10-12(9-24-26)18(20,21)22/h1-6,8-10H,7H2,(H,25,27)(H2,23,28,29). The number of hydrogen-bond donors (Lipinski definition) is 2. The summed E-state index contributed by atoms with van der Waals surface area (Å²) in [6.45, 7) is 0. The number of sulfonamides is 1. The molecule has 7 nitrogen and oxygen atoms in total. The summed E-state index contributed by atoms with van der Waals surface area (Å²) in [6, 6.07) is 9.02. The molecule has 2 aromatic carbocycles. The third-order valence-electron chi connectivity index (χ3n) is 4.02. The number of carbonyl (C=O) groups is 1. The molecular formula is C18H14F4N4O3S. The first-order valence-corrected chi connectivity index (χ1v) is 9.82. The molecular weight excluding hydrogens is 428 g/mol. The number of hydrogen-bond acceptors (Lipinski definition) is 4. The molecule has 0 spiro atoms. The first kappa shape index (κ1) is 21.5. The summed E-state index contributed by atoms with van der Waals surface area (Å²) in [5.41, 5.74) is -1.17. The Bertz CT molecular complexity index is 1210. The van der Waals surface area contributed by atoms with Crippen LogP contribution in [0.2, 0.25) is 0 Å².